The van der Waals surface area contributed by atoms with Crippen LogP contribution in [-0.2, 0) is 16.0 Å². The Kier molecular flexibility index (Phi) is 4.86. The first-order valence-electron chi connectivity index (χ1n) is 6.89. The van der Waals surface area contributed by atoms with Gasteiger partial charge in [-0.15, -0.1) is 0 Å². The van der Waals surface area contributed by atoms with Crippen LogP contribution in [0, 0.1) is 12.8 Å². The predicted molar refractivity (Wildman–Crippen MR) is 79.4 cm³/mol. The van der Waals surface area contributed by atoms with Crippen molar-refractivity contribution in [2.75, 3.05) is 12.3 Å². The van der Waals surface area contributed by atoms with Crippen molar-refractivity contribution in [2.24, 2.45) is 5.92 Å². The molecular weight excluding hydrogens is 274 g/mol. The monoisotopic (exact) mass is 295 g/mol. The lowest BCUT2D eigenvalue weighted by Gasteiger charge is -2.24. The molecule has 1 aliphatic heterocycles. The molecule has 2 heterocycles. The van der Waals surface area contributed by atoms with Gasteiger partial charge in [0.15, 0.2) is 5.12 Å². The average Bonchev–Trinajstić information content (AvgIpc) is 2.93. The number of amides is 1. The number of rotatable bonds is 5. The molecule has 2 atom stereocenters. The van der Waals surface area contributed by atoms with Crippen molar-refractivity contribution in [3.63, 3.8) is 0 Å². The number of carbonyl (C=O) groups is 2. The van der Waals surface area contributed by atoms with Crippen molar-refractivity contribution in [1.82, 2.24) is 15.1 Å². The van der Waals surface area contributed by atoms with E-state index in [1.807, 2.05) is 17.9 Å². The SMILES string of the molecule is CC(=O)SCC1CC(=O)N(C(C)Cc2cc(C)[nH]n2)C1. The third-order valence-electron chi connectivity index (χ3n) is 3.56. The van der Waals surface area contributed by atoms with Crippen molar-refractivity contribution in [3.05, 3.63) is 17.5 Å². The molecule has 110 valence electrons. The lowest BCUT2D eigenvalue weighted by molar-refractivity contribution is -0.129. The number of likely N-dealkylation sites (tertiary alicyclic amines) is 1. The number of aryl methyl sites for hydroxylation is 1. The van der Waals surface area contributed by atoms with Crippen LogP contribution in [-0.4, -0.2) is 44.5 Å². The number of nitrogens with zero attached hydrogens (tertiary/aromatic N) is 2. The Morgan fingerprint density at radius 1 is 1.65 bits per heavy atom. The smallest absolute Gasteiger partial charge is 0.223 e. The zero-order valence-corrected chi connectivity index (χ0v) is 13.0. The van der Waals surface area contributed by atoms with E-state index in [2.05, 4.69) is 17.1 Å². The molecule has 20 heavy (non-hydrogen) atoms. The van der Waals surface area contributed by atoms with Crippen LogP contribution in [0.15, 0.2) is 6.07 Å². The molecule has 0 saturated carbocycles. The summed E-state index contributed by atoms with van der Waals surface area (Å²) in [5.41, 5.74) is 2.03. The molecule has 0 radical (unpaired) electrons. The minimum atomic E-state index is 0.121. The van der Waals surface area contributed by atoms with E-state index in [1.54, 1.807) is 6.92 Å². The first kappa shape index (κ1) is 15.1. The second kappa shape index (κ2) is 6.43. The van der Waals surface area contributed by atoms with Crippen LogP contribution in [0.4, 0.5) is 0 Å². The van der Waals surface area contributed by atoms with Crippen molar-refractivity contribution in [3.8, 4) is 0 Å². The Morgan fingerprint density at radius 2 is 2.40 bits per heavy atom. The Balaban J connectivity index is 1.88. The summed E-state index contributed by atoms with van der Waals surface area (Å²) in [7, 11) is 0. The van der Waals surface area contributed by atoms with Crippen LogP contribution in [0.1, 0.15) is 31.7 Å². The molecule has 1 aliphatic rings. The number of hydrogen-bond donors (Lipinski definition) is 1. The Labute approximate surface area is 123 Å². The molecule has 1 aromatic heterocycles. The third kappa shape index (κ3) is 3.85. The number of thioether (sulfide) groups is 1. The molecule has 5 nitrogen and oxygen atoms in total. The van der Waals surface area contributed by atoms with Gasteiger partial charge in [-0.05, 0) is 25.8 Å². The van der Waals surface area contributed by atoms with Gasteiger partial charge < -0.3 is 4.90 Å². The fourth-order valence-electron chi connectivity index (χ4n) is 2.57. The summed E-state index contributed by atoms with van der Waals surface area (Å²) in [6.45, 7) is 6.35. The summed E-state index contributed by atoms with van der Waals surface area (Å²) in [6, 6.07) is 2.16. The van der Waals surface area contributed by atoms with Crippen LogP contribution in [0.2, 0.25) is 0 Å². The summed E-state index contributed by atoms with van der Waals surface area (Å²) < 4.78 is 0. The number of nitrogens with one attached hydrogen (secondary N) is 1. The van der Waals surface area contributed by atoms with E-state index in [9.17, 15) is 9.59 Å². The number of carbonyl (C=O) groups excluding carboxylic acids is 2. The van der Waals surface area contributed by atoms with E-state index in [0.29, 0.717) is 12.3 Å². The van der Waals surface area contributed by atoms with Gasteiger partial charge in [-0.1, -0.05) is 11.8 Å². The molecule has 6 heteroatoms. The lowest BCUT2D eigenvalue weighted by atomic mass is 10.1. The van der Waals surface area contributed by atoms with Crippen molar-refractivity contribution in [2.45, 2.75) is 39.7 Å². The number of aromatic amines is 1. The Bertz CT molecular complexity index is 500. The Hall–Kier alpha value is -1.30. The average molecular weight is 295 g/mol. The molecule has 1 fully saturated rings. The Morgan fingerprint density at radius 3 is 3.00 bits per heavy atom. The molecule has 1 amide bonds. The van der Waals surface area contributed by atoms with Gasteiger partial charge in [-0.2, -0.15) is 5.10 Å². The molecule has 1 N–H and O–H groups in total. The van der Waals surface area contributed by atoms with Crippen LogP contribution < -0.4 is 0 Å². The summed E-state index contributed by atoms with van der Waals surface area (Å²) >= 11 is 1.32. The van der Waals surface area contributed by atoms with Gasteiger partial charge in [0.05, 0.1) is 5.69 Å². The maximum atomic E-state index is 12.1. The standard InChI is InChI=1S/C14H21N3O2S/c1-9-4-13(16-15-9)5-10(2)17-7-12(6-14(17)19)8-20-11(3)18/h4,10,12H,5-8H2,1-3H3,(H,15,16). The quantitative estimate of drug-likeness (QED) is 0.899. The minimum Gasteiger partial charge on any atom is -0.339 e. The van der Waals surface area contributed by atoms with Crippen LogP contribution >= 0.6 is 11.8 Å². The van der Waals surface area contributed by atoms with Gasteiger partial charge in [0.25, 0.3) is 0 Å². The molecule has 2 unspecified atom stereocenters. The molecule has 1 saturated heterocycles. The maximum absolute atomic E-state index is 12.1. The molecule has 0 aliphatic carbocycles. The number of hydrogen-bond acceptors (Lipinski definition) is 4. The topological polar surface area (TPSA) is 66.1 Å². The molecule has 2 rings (SSSR count). The zero-order valence-electron chi connectivity index (χ0n) is 12.2. The molecular formula is C14H21N3O2S. The summed E-state index contributed by atoms with van der Waals surface area (Å²) in [6.07, 6.45) is 1.33. The van der Waals surface area contributed by atoms with E-state index in [-0.39, 0.29) is 17.1 Å². The van der Waals surface area contributed by atoms with E-state index < -0.39 is 0 Å². The molecule has 0 bridgehead atoms. The molecule has 0 spiro atoms. The zero-order chi connectivity index (χ0) is 14.7. The van der Waals surface area contributed by atoms with Crippen molar-refractivity contribution >= 4 is 22.8 Å². The fourth-order valence-corrected chi connectivity index (χ4v) is 3.27. The highest BCUT2D eigenvalue weighted by Crippen LogP contribution is 2.25. The number of aromatic nitrogens is 2. The maximum Gasteiger partial charge on any atom is 0.223 e. The molecule has 0 aromatic carbocycles. The normalized spacial score (nSPS) is 20.4. The third-order valence-corrected chi connectivity index (χ3v) is 4.60. The summed E-state index contributed by atoms with van der Waals surface area (Å²) in [5.74, 6) is 1.23. The first-order chi connectivity index (χ1) is 9.45. The van der Waals surface area contributed by atoms with Gasteiger partial charge in [-0.3, -0.25) is 14.7 Å². The fraction of sp³-hybridized carbons (Fsp3) is 0.643. The molecule has 1 aromatic rings. The van der Waals surface area contributed by atoms with Gasteiger partial charge in [0, 0.05) is 43.8 Å². The predicted octanol–water partition coefficient (Wildman–Crippen LogP) is 1.78. The van der Waals surface area contributed by atoms with Gasteiger partial charge in [0.1, 0.15) is 0 Å². The summed E-state index contributed by atoms with van der Waals surface area (Å²) in [4.78, 5) is 25.0. The lowest BCUT2D eigenvalue weighted by Crippen LogP contribution is -2.36. The van der Waals surface area contributed by atoms with Crippen LogP contribution in [0.5, 0.6) is 0 Å². The highest BCUT2D eigenvalue weighted by molar-refractivity contribution is 8.13. The largest absolute Gasteiger partial charge is 0.339 e. The van der Waals surface area contributed by atoms with Crippen LogP contribution in [0.25, 0.3) is 0 Å². The van der Waals surface area contributed by atoms with Crippen molar-refractivity contribution < 1.29 is 9.59 Å². The first-order valence-corrected chi connectivity index (χ1v) is 7.88. The van der Waals surface area contributed by atoms with E-state index in [4.69, 9.17) is 0 Å². The van der Waals surface area contributed by atoms with Crippen molar-refractivity contribution in [1.29, 1.82) is 0 Å². The summed E-state index contributed by atoms with van der Waals surface area (Å²) in [5, 5.41) is 7.26. The minimum absolute atomic E-state index is 0.121. The number of H-pyrrole nitrogens is 1. The highest BCUT2D eigenvalue weighted by Gasteiger charge is 2.32. The second-order valence-electron chi connectivity index (χ2n) is 5.51. The van der Waals surface area contributed by atoms with Gasteiger partial charge in [0.2, 0.25) is 5.91 Å². The van der Waals surface area contributed by atoms with E-state index in [0.717, 1.165) is 30.1 Å². The van der Waals surface area contributed by atoms with E-state index in [1.165, 1.54) is 11.8 Å². The van der Waals surface area contributed by atoms with Gasteiger partial charge >= 0.3 is 0 Å². The highest BCUT2D eigenvalue weighted by atomic mass is 32.2. The van der Waals surface area contributed by atoms with E-state index >= 15 is 0 Å². The van der Waals surface area contributed by atoms with Gasteiger partial charge in [-0.25, -0.2) is 0 Å². The van der Waals surface area contributed by atoms with Crippen LogP contribution in [0.3, 0.4) is 0 Å². The second-order valence-corrected chi connectivity index (χ2v) is 6.71.